The third-order valence-corrected chi connectivity index (χ3v) is 5.27. The van der Waals surface area contributed by atoms with Crippen LogP contribution < -0.4 is 5.32 Å². The summed E-state index contributed by atoms with van der Waals surface area (Å²) in [5, 5.41) is 3.69. The van der Waals surface area contributed by atoms with Crippen LogP contribution in [-0.4, -0.2) is 87.2 Å². The van der Waals surface area contributed by atoms with E-state index >= 15 is 0 Å². The van der Waals surface area contributed by atoms with Gasteiger partial charge in [-0.3, -0.25) is 4.90 Å². The second-order valence-corrected chi connectivity index (χ2v) is 7.13. The number of nitrogens with zero attached hydrogens (tertiary/aromatic N) is 3. The first-order valence-electron chi connectivity index (χ1n) is 9.02. The molecule has 1 aliphatic carbocycles. The van der Waals surface area contributed by atoms with Crippen LogP contribution in [0.1, 0.15) is 32.6 Å². The van der Waals surface area contributed by atoms with E-state index in [2.05, 4.69) is 41.0 Å². The maximum Gasteiger partial charge on any atom is 0.0110 e. The Balaban J connectivity index is 1.60. The van der Waals surface area contributed by atoms with Gasteiger partial charge in [-0.2, -0.15) is 0 Å². The number of nitrogens with one attached hydrogen (secondary N) is 1. The minimum atomic E-state index is 0.802. The van der Waals surface area contributed by atoms with Crippen molar-refractivity contribution in [3.05, 3.63) is 0 Å². The fourth-order valence-corrected chi connectivity index (χ4v) is 3.84. The van der Waals surface area contributed by atoms with Gasteiger partial charge in [0, 0.05) is 45.3 Å². The molecule has 2 aliphatic rings. The zero-order valence-electron chi connectivity index (χ0n) is 14.5. The van der Waals surface area contributed by atoms with Crippen LogP contribution in [0.3, 0.4) is 0 Å². The van der Waals surface area contributed by atoms with Gasteiger partial charge in [0.15, 0.2) is 0 Å². The second kappa shape index (κ2) is 9.09. The summed E-state index contributed by atoms with van der Waals surface area (Å²) >= 11 is 0. The minimum absolute atomic E-state index is 0.802. The van der Waals surface area contributed by atoms with Gasteiger partial charge >= 0.3 is 0 Å². The molecule has 0 aromatic heterocycles. The standard InChI is InChI=1S/C17H36N4/c1-4-18-17-7-5-6-16(17)8-9-20-12-14-21(15-13-20)11-10-19(2)3/h16-18H,4-15H2,1-3H3. The van der Waals surface area contributed by atoms with E-state index < -0.39 is 0 Å². The fraction of sp³-hybridized carbons (Fsp3) is 1.00. The molecule has 1 aliphatic heterocycles. The first-order chi connectivity index (χ1) is 10.2. The van der Waals surface area contributed by atoms with Crippen LogP contribution in [0.5, 0.6) is 0 Å². The maximum atomic E-state index is 3.69. The van der Waals surface area contributed by atoms with Crippen molar-refractivity contribution in [3.8, 4) is 0 Å². The molecule has 1 heterocycles. The molecule has 4 nitrogen and oxygen atoms in total. The van der Waals surface area contributed by atoms with Gasteiger partial charge < -0.3 is 15.1 Å². The molecular formula is C17H36N4. The first-order valence-corrected chi connectivity index (χ1v) is 9.02. The molecule has 0 bridgehead atoms. The molecule has 0 aromatic rings. The summed E-state index contributed by atoms with van der Waals surface area (Å²) in [6.07, 6.45) is 5.67. The van der Waals surface area contributed by atoms with Gasteiger partial charge in [0.2, 0.25) is 0 Å². The lowest BCUT2D eigenvalue weighted by atomic mass is 9.99. The maximum absolute atomic E-state index is 3.69. The summed E-state index contributed by atoms with van der Waals surface area (Å²) in [7, 11) is 4.33. The molecule has 0 spiro atoms. The van der Waals surface area contributed by atoms with E-state index in [0.717, 1.165) is 18.5 Å². The number of hydrogen-bond donors (Lipinski definition) is 1. The minimum Gasteiger partial charge on any atom is -0.314 e. The Morgan fingerprint density at radius 1 is 1.00 bits per heavy atom. The fourth-order valence-electron chi connectivity index (χ4n) is 3.84. The summed E-state index contributed by atoms with van der Waals surface area (Å²) in [5.74, 6) is 0.928. The van der Waals surface area contributed by atoms with Crippen molar-refractivity contribution in [1.82, 2.24) is 20.0 Å². The van der Waals surface area contributed by atoms with Crippen LogP contribution in [0.4, 0.5) is 0 Å². The van der Waals surface area contributed by atoms with Crippen LogP contribution in [0.25, 0.3) is 0 Å². The number of piperazine rings is 1. The Morgan fingerprint density at radius 3 is 2.29 bits per heavy atom. The Bertz CT molecular complexity index is 274. The van der Waals surface area contributed by atoms with Gasteiger partial charge in [-0.15, -0.1) is 0 Å². The molecule has 1 saturated carbocycles. The van der Waals surface area contributed by atoms with Crippen molar-refractivity contribution in [2.45, 2.75) is 38.6 Å². The average molecular weight is 297 g/mol. The van der Waals surface area contributed by atoms with E-state index in [9.17, 15) is 0 Å². The summed E-state index contributed by atoms with van der Waals surface area (Å²) in [6.45, 7) is 12.2. The predicted octanol–water partition coefficient (Wildman–Crippen LogP) is 1.33. The largest absolute Gasteiger partial charge is 0.314 e. The van der Waals surface area contributed by atoms with E-state index in [0.29, 0.717) is 0 Å². The summed E-state index contributed by atoms with van der Waals surface area (Å²) in [6, 6.07) is 0.802. The highest BCUT2D eigenvalue weighted by atomic mass is 15.3. The van der Waals surface area contributed by atoms with Crippen molar-refractivity contribution in [2.24, 2.45) is 5.92 Å². The van der Waals surface area contributed by atoms with Crippen molar-refractivity contribution in [3.63, 3.8) is 0 Å². The van der Waals surface area contributed by atoms with Gasteiger partial charge in [-0.25, -0.2) is 0 Å². The Hall–Kier alpha value is -0.160. The van der Waals surface area contributed by atoms with Crippen molar-refractivity contribution < 1.29 is 0 Å². The summed E-state index contributed by atoms with van der Waals surface area (Å²) < 4.78 is 0. The van der Waals surface area contributed by atoms with E-state index in [4.69, 9.17) is 0 Å². The van der Waals surface area contributed by atoms with E-state index in [-0.39, 0.29) is 0 Å². The molecule has 0 amide bonds. The highest BCUT2D eigenvalue weighted by Gasteiger charge is 2.27. The molecule has 1 saturated heterocycles. The van der Waals surface area contributed by atoms with Gasteiger partial charge in [0.1, 0.15) is 0 Å². The topological polar surface area (TPSA) is 21.8 Å². The third-order valence-electron chi connectivity index (χ3n) is 5.27. The quantitative estimate of drug-likeness (QED) is 0.729. The normalized spacial score (nSPS) is 28.6. The van der Waals surface area contributed by atoms with Crippen molar-refractivity contribution in [2.75, 3.05) is 66.5 Å². The van der Waals surface area contributed by atoms with E-state index in [1.165, 1.54) is 71.5 Å². The van der Waals surface area contributed by atoms with E-state index in [1.54, 1.807) is 0 Å². The second-order valence-electron chi connectivity index (χ2n) is 7.13. The molecule has 2 unspecified atom stereocenters. The van der Waals surface area contributed by atoms with Crippen LogP contribution in [0.15, 0.2) is 0 Å². The number of rotatable bonds is 8. The molecule has 0 radical (unpaired) electrons. The summed E-state index contributed by atoms with van der Waals surface area (Å²) in [4.78, 5) is 7.59. The van der Waals surface area contributed by atoms with E-state index in [1.807, 2.05) is 0 Å². The van der Waals surface area contributed by atoms with Crippen LogP contribution in [-0.2, 0) is 0 Å². The van der Waals surface area contributed by atoms with Crippen LogP contribution in [0.2, 0.25) is 0 Å². The smallest absolute Gasteiger partial charge is 0.0110 e. The first kappa shape index (κ1) is 17.2. The highest BCUT2D eigenvalue weighted by Crippen LogP contribution is 2.28. The average Bonchev–Trinajstić information content (AvgIpc) is 2.92. The Morgan fingerprint density at radius 2 is 1.67 bits per heavy atom. The summed E-state index contributed by atoms with van der Waals surface area (Å²) in [5.41, 5.74) is 0. The lowest BCUT2D eigenvalue weighted by Crippen LogP contribution is -2.48. The molecule has 21 heavy (non-hydrogen) atoms. The number of likely N-dealkylation sites (N-methyl/N-ethyl adjacent to an activating group) is 1. The molecular weight excluding hydrogens is 260 g/mol. The molecule has 1 N–H and O–H groups in total. The highest BCUT2D eigenvalue weighted by molar-refractivity contribution is 4.84. The molecule has 0 aromatic carbocycles. The van der Waals surface area contributed by atoms with Gasteiger partial charge in [0.25, 0.3) is 0 Å². The SMILES string of the molecule is CCNC1CCCC1CCN1CCN(CCN(C)C)CC1. The lowest BCUT2D eigenvalue weighted by molar-refractivity contribution is 0.119. The number of hydrogen-bond acceptors (Lipinski definition) is 4. The predicted molar refractivity (Wildman–Crippen MR) is 90.9 cm³/mol. The lowest BCUT2D eigenvalue weighted by Gasteiger charge is -2.36. The molecule has 2 rings (SSSR count). The van der Waals surface area contributed by atoms with Gasteiger partial charge in [0.05, 0.1) is 0 Å². The molecule has 4 heteroatoms. The van der Waals surface area contributed by atoms with Crippen LogP contribution >= 0.6 is 0 Å². The molecule has 2 atom stereocenters. The molecule has 2 fully saturated rings. The van der Waals surface area contributed by atoms with Crippen molar-refractivity contribution >= 4 is 0 Å². The monoisotopic (exact) mass is 296 g/mol. The Labute approximate surface area is 131 Å². The Kier molecular flexibility index (Phi) is 7.44. The zero-order valence-corrected chi connectivity index (χ0v) is 14.5. The third kappa shape index (κ3) is 5.85. The van der Waals surface area contributed by atoms with Gasteiger partial charge in [-0.1, -0.05) is 13.3 Å². The molecule has 124 valence electrons. The van der Waals surface area contributed by atoms with Crippen LogP contribution in [0, 0.1) is 5.92 Å². The zero-order chi connectivity index (χ0) is 15.1. The van der Waals surface area contributed by atoms with Gasteiger partial charge in [-0.05, 0) is 52.4 Å². The van der Waals surface area contributed by atoms with Crippen molar-refractivity contribution in [1.29, 1.82) is 0 Å².